The highest BCUT2D eigenvalue weighted by Crippen LogP contribution is 2.15. The first kappa shape index (κ1) is 19.3. The van der Waals surface area contributed by atoms with Crippen LogP contribution < -0.4 is 10.7 Å². The van der Waals surface area contributed by atoms with Crippen LogP contribution in [-0.2, 0) is 4.79 Å². The van der Waals surface area contributed by atoms with Crippen LogP contribution in [0.15, 0.2) is 62.6 Å². The van der Waals surface area contributed by atoms with Crippen molar-refractivity contribution in [1.29, 1.82) is 0 Å². The topological polar surface area (TPSA) is 70.6 Å². The maximum absolute atomic E-state index is 12.0. The molecule has 2 amide bonds. The summed E-state index contributed by atoms with van der Waals surface area (Å²) in [7, 11) is 0. The number of hydrogen-bond acceptors (Lipinski definition) is 3. The molecule has 130 valence electrons. The van der Waals surface area contributed by atoms with Crippen LogP contribution in [0.2, 0.25) is 0 Å². The molecule has 0 unspecified atom stereocenters. The van der Waals surface area contributed by atoms with Gasteiger partial charge in [0.15, 0.2) is 0 Å². The Morgan fingerprint density at radius 3 is 2.40 bits per heavy atom. The van der Waals surface area contributed by atoms with Gasteiger partial charge in [0.05, 0.1) is 11.3 Å². The molecule has 7 heteroatoms. The van der Waals surface area contributed by atoms with E-state index in [4.69, 9.17) is 0 Å². The van der Waals surface area contributed by atoms with Gasteiger partial charge in [-0.1, -0.05) is 40.2 Å². The fourth-order valence-electron chi connectivity index (χ4n) is 1.99. The molecule has 0 bridgehead atoms. The predicted octanol–water partition coefficient (Wildman–Crippen LogP) is 3.87. The lowest BCUT2D eigenvalue weighted by atomic mass is 10.1. The van der Waals surface area contributed by atoms with Crippen LogP contribution in [-0.4, -0.2) is 24.1 Å². The quantitative estimate of drug-likeness (QED) is 0.501. The van der Waals surface area contributed by atoms with E-state index in [2.05, 4.69) is 47.7 Å². The number of nitrogens with one attached hydrogen (secondary N) is 2. The number of hydrazone groups is 1. The van der Waals surface area contributed by atoms with Crippen LogP contribution >= 0.6 is 31.9 Å². The molecule has 25 heavy (non-hydrogen) atoms. The lowest BCUT2D eigenvalue weighted by Gasteiger charge is -2.06. The maximum atomic E-state index is 12.0. The van der Waals surface area contributed by atoms with Crippen LogP contribution in [0.25, 0.3) is 0 Å². The third kappa shape index (κ3) is 6.10. The van der Waals surface area contributed by atoms with Crippen LogP contribution in [0.4, 0.5) is 0 Å². The predicted molar refractivity (Wildman–Crippen MR) is 106 cm³/mol. The van der Waals surface area contributed by atoms with Gasteiger partial charge < -0.3 is 5.32 Å². The zero-order valence-electron chi connectivity index (χ0n) is 13.6. The van der Waals surface area contributed by atoms with Gasteiger partial charge in [-0.2, -0.15) is 5.10 Å². The van der Waals surface area contributed by atoms with Gasteiger partial charge >= 0.3 is 0 Å². The van der Waals surface area contributed by atoms with Crippen molar-refractivity contribution in [2.24, 2.45) is 5.10 Å². The second-order valence-electron chi connectivity index (χ2n) is 5.22. The summed E-state index contributed by atoms with van der Waals surface area (Å²) in [4.78, 5) is 23.9. The van der Waals surface area contributed by atoms with Gasteiger partial charge in [0.1, 0.15) is 0 Å². The Hall–Kier alpha value is -1.99. The van der Waals surface area contributed by atoms with Crippen molar-refractivity contribution < 1.29 is 9.59 Å². The second-order valence-corrected chi connectivity index (χ2v) is 6.99. The number of benzene rings is 2. The average molecular weight is 467 g/mol. The molecule has 5 nitrogen and oxygen atoms in total. The number of halogens is 2. The van der Waals surface area contributed by atoms with Crippen molar-refractivity contribution in [2.45, 2.75) is 13.3 Å². The largest absolute Gasteiger partial charge is 0.351 e. The molecule has 0 spiro atoms. The van der Waals surface area contributed by atoms with E-state index in [9.17, 15) is 9.59 Å². The Labute approximate surface area is 163 Å². The van der Waals surface area contributed by atoms with Crippen LogP contribution in [0.1, 0.15) is 29.3 Å². The van der Waals surface area contributed by atoms with Gasteiger partial charge in [-0.25, -0.2) is 5.43 Å². The number of amides is 2. The first-order valence-corrected chi connectivity index (χ1v) is 9.18. The van der Waals surface area contributed by atoms with Crippen molar-refractivity contribution in [3.8, 4) is 0 Å². The molecule has 0 aliphatic carbocycles. The SMILES string of the molecule is CC(=NNC(=O)CCNC(=O)c1ccccc1Br)c1ccc(Br)cc1. The monoisotopic (exact) mass is 465 g/mol. The highest BCUT2D eigenvalue weighted by Gasteiger charge is 2.09. The highest BCUT2D eigenvalue weighted by molar-refractivity contribution is 9.10. The normalized spacial score (nSPS) is 11.1. The van der Waals surface area contributed by atoms with Gasteiger partial charge in [0.2, 0.25) is 5.91 Å². The fraction of sp³-hybridized carbons (Fsp3) is 0.167. The van der Waals surface area contributed by atoms with Crippen molar-refractivity contribution in [3.05, 3.63) is 68.6 Å². The van der Waals surface area contributed by atoms with E-state index in [1.54, 1.807) is 18.2 Å². The first-order chi connectivity index (χ1) is 12.0. The Balaban J connectivity index is 1.79. The molecule has 0 aliphatic rings. The van der Waals surface area contributed by atoms with Crippen molar-refractivity contribution >= 4 is 49.4 Å². The number of rotatable bonds is 6. The summed E-state index contributed by atoms with van der Waals surface area (Å²) in [5.74, 6) is -0.487. The smallest absolute Gasteiger partial charge is 0.252 e. The molecule has 0 heterocycles. The standard InChI is InChI=1S/C18H17Br2N3O2/c1-12(13-6-8-14(19)9-7-13)22-23-17(24)10-11-21-18(25)15-4-2-3-5-16(15)20/h2-9H,10-11H2,1H3,(H,21,25)(H,23,24). The second kappa shape index (κ2) is 9.48. The average Bonchev–Trinajstić information content (AvgIpc) is 2.60. The molecule has 0 atom stereocenters. The molecule has 0 fully saturated rings. The molecular weight excluding hydrogens is 450 g/mol. The molecule has 0 saturated carbocycles. The third-order valence-electron chi connectivity index (χ3n) is 3.37. The Bertz CT molecular complexity index is 789. The van der Waals surface area contributed by atoms with Crippen LogP contribution in [0.5, 0.6) is 0 Å². The van der Waals surface area contributed by atoms with E-state index in [0.717, 1.165) is 10.0 Å². The Kier molecular flexibility index (Phi) is 7.33. The van der Waals surface area contributed by atoms with E-state index in [1.165, 1.54) is 0 Å². The van der Waals surface area contributed by atoms with E-state index in [0.29, 0.717) is 15.7 Å². The molecule has 0 aliphatic heterocycles. The highest BCUT2D eigenvalue weighted by atomic mass is 79.9. The van der Waals surface area contributed by atoms with E-state index >= 15 is 0 Å². The summed E-state index contributed by atoms with van der Waals surface area (Å²) in [6, 6.07) is 14.8. The van der Waals surface area contributed by atoms with Crippen molar-refractivity contribution in [3.63, 3.8) is 0 Å². The molecule has 2 aromatic rings. The molecule has 0 aromatic heterocycles. The molecule has 0 saturated heterocycles. The summed E-state index contributed by atoms with van der Waals surface area (Å²) in [6.45, 7) is 2.05. The Morgan fingerprint density at radius 1 is 1.04 bits per heavy atom. The summed E-state index contributed by atoms with van der Waals surface area (Å²) in [5, 5.41) is 6.79. The minimum Gasteiger partial charge on any atom is -0.351 e. The molecule has 2 rings (SSSR count). The summed E-state index contributed by atoms with van der Waals surface area (Å²) >= 11 is 6.70. The lowest BCUT2D eigenvalue weighted by molar-refractivity contribution is -0.120. The number of carbonyl (C=O) groups excluding carboxylic acids is 2. The van der Waals surface area contributed by atoms with E-state index in [-0.39, 0.29) is 24.8 Å². The number of carbonyl (C=O) groups is 2. The molecule has 0 radical (unpaired) electrons. The van der Waals surface area contributed by atoms with Gasteiger partial charge in [-0.3, -0.25) is 9.59 Å². The minimum atomic E-state index is -0.260. The number of hydrogen-bond donors (Lipinski definition) is 2. The van der Waals surface area contributed by atoms with E-state index in [1.807, 2.05) is 37.3 Å². The summed E-state index contributed by atoms with van der Waals surface area (Å²) in [5.41, 5.74) is 4.66. The Morgan fingerprint density at radius 2 is 1.72 bits per heavy atom. The molecule has 2 N–H and O–H groups in total. The van der Waals surface area contributed by atoms with Gasteiger partial charge in [-0.05, 0) is 52.7 Å². The summed E-state index contributed by atoms with van der Waals surface area (Å²) < 4.78 is 1.69. The van der Waals surface area contributed by atoms with E-state index < -0.39 is 0 Å². The van der Waals surface area contributed by atoms with Crippen molar-refractivity contribution in [1.82, 2.24) is 10.7 Å². The zero-order chi connectivity index (χ0) is 18.2. The fourth-order valence-corrected chi connectivity index (χ4v) is 2.72. The maximum Gasteiger partial charge on any atom is 0.252 e. The van der Waals surface area contributed by atoms with Gasteiger partial charge in [-0.15, -0.1) is 0 Å². The molecule has 2 aromatic carbocycles. The van der Waals surface area contributed by atoms with Gasteiger partial charge in [0, 0.05) is 21.9 Å². The van der Waals surface area contributed by atoms with Gasteiger partial charge in [0.25, 0.3) is 5.91 Å². The van der Waals surface area contributed by atoms with Crippen molar-refractivity contribution in [2.75, 3.05) is 6.54 Å². The summed E-state index contributed by atoms with van der Waals surface area (Å²) in [6.07, 6.45) is 0.146. The molecular formula is C18H17Br2N3O2. The minimum absolute atomic E-state index is 0.146. The lowest BCUT2D eigenvalue weighted by Crippen LogP contribution is -2.29. The van der Waals surface area contributed by atoms with Crippen LogP contribution in [0.3, 0.4) is 0 Å². The third-order valence-corrected chi connectivity index (χ3v) is 4.59. The zero-order valence-corrected chi connectivity index (χ0v) is 16.7. The number of nitrogens with zero attached hydrogens (tertiary/aromatic N) is 1. The van der Waals surface area contributed by atoms with Crippen LogP contribution in [0, 0.1) is 0 Å². The first-order valence-electron chi connectivity index (χ1n) is 7.59.